The number of aliphatic carboxylic acids is 1. The van der Waals surface area contributed by atoms with Crippen LogP contribution in [0, 0.1) is 0 Å². The summed E-state index contributed by atoms with van der Waals surface area (Å²) < 4.78 is -0.0836. The first-order valence-electron chi connectivity index (χ1n) is 5.06. The van der Waals surface area contributed by atoms with Gasteiger partial charge in [0.15, 0.2) is 0 Å². The van der Waals surface area contributed by atoms with E-state index in [1.54, 1.807) is 0 Å². The van der Waals surface area contributed by atoms with Crippen LogP contribution < -0.4 is 11.1 Å². The standard InChI is InChI=1S/C10H18N2O4S/c1-10(2,3)17-5-8(14)12-6(9(15)16)4-7(11)13/h6H,4-5H2,1-3H3,(H2,11,13)(H,12,14)(H,15,16)/t6-/m1/s1. The van der Waals surface area contributed by atoms with Crippen LogP contribution in [0.1, 0.15) is 27.2 Å². The summed E-state index contributed by atoms with van der Waals surface area (Å²) in [6.07, 6.45) is -0.402. The van der Waals surface area contributed by atoms with Crippen LogP contribution in [0.25, 0.3) is 0 Å². The highest BCUT2D eigenvalue weighted by Crippen LogP contribution is 2.22. The summed E-state index contributed by atoms with van der Waals surface area (Å²) in [5, 5.41) is 11.0. The fourth-order valence-corrected chi connectivity index (χ4v) is 1.57. The first-order chi connectivity index (χ1) is 7.61. The number of primary amides is 1. The molecule has 0 fully saturated rings. The van der Waals surface area contributed by atoms with Gasteiger partial charge in [-0.25, -0.2) is 4.79 Å². The lowest BCUT2D eigenvalue weighted by Gasteiger charge is -2.18. The van der Waals surface area contributed by atoms with Crippen molar-refractivity contribution < 1.29 is 19.5 Å². The van der Waals surface area contributed by atoms with Crippen molar-refractivity contribution in [2.75, 3.05) is 5.75 Å². The van der Waals surface area contributed by atoms with Crippen LogP contribution in [0.15, 0.2) is 0 Å². The minimum Gasteiger partial charge on any atom is -0.480 e. The van der Waals surface area contributed by atoms with E-state index in [0.717, 1.165) is 0 Å². The summed E-state index contributed by atoms with van der Waals surface area (Å²) in [6.45, 7) is 5.84. The Morgan fingerprint density at radius 2 is 1.88 bits per heavy atom. The zero-order valence-corrected chi connectivity index (χ0v) is 11.0. The second-order valence-electron chi connectivity index (χ2n) is 4.53. The van der Waals surface area contributed by atoms with E-state index in [2.05, 4.69) is 5.32 Å². The first-order valence-corrected chi connectivity index (χ1v) is 6.05. The molecule has 0 aliphatic rings. The summed E-state index contributed by atoms with van der Waals surface area (Å²) in [5.74, 6) is -2.30. The third kappa shape index (κ3) is 8.56. The number of amides is 2. The lowest BCUT2D eigenvalue weighted by molar-refractivity contribution is -0.143. The summed E-state index contributed by atoms with van der Waals surface area (Å²) in [5.41, 5.74) is 4.89. The molecule has 0 aliphatic heterocycles. The molecule has 7 heteroatoms. The van der Waals surface area contributed by atoms with Crippen molar-refractivity contribution in [3.8, 4) is 0 Å². The molecule has 0 bridgehead atoms. The number of carboxylic acids is 1. The van der Waals surface area contributed by atoms with Gasteiger partial charge >= 0.3 is 5.97 Å². The number of nitrogens with two attached hydrogens (primary N) is 1. The number of hydrogen-bond acceptors (Lipinski definition) is 4. The molecular formula is C10H18N2O4S. The topological polar surface area (TPSA) is 109 Å². The summed E-state index contributed by atoms with van der Waals surface area (Å²) in [6, 6.07) is -1.25. The molecule has 0 saturated carbocycles. The van der Waals surface area contributed by atoms with Gasteiger partial charge in [0.1, 0.15) is 6.04 Å². The number of rotatable bonds is 6. The Balaban J connectivity index is 4.22. The number of nitrogens with one attached hydrogen (secondary N) is 1. The zero-order chi connectivity index (χ0) is 13.6. The van der Waals surface area contributed by atoms with Crippen molar-refractivity contribution in [2.45, 2.75) is 38.0 Å². The molecule has 0 saturated heterocycles. The smallest absolute Gasteiger partial charge is 0.326 e. The Morgan fingerprint density at radius 3 is 2.24 bits per heavy atom. The van der Waals surface area contributed by atoms with Gasteiger partial charge in [-0.2, -0.15) is 0 Å². The van der Waals surface area contributed by atoms with Crippen molar-refractivity contribution in [2.24, 2.45) is 5.73 Å². The number of hydrogen-bond donors (Lipinski definition) is 3. The van der Waals surface area contributed by atoms with Gasteiger partial charge in [-0.1, -0.05) is 20.8 Å². The minimum absolute atomic E-state index is 0.0836. The lowest BCUT2D eigenvalue weighted by Crippen LogP contribution is -2.44. The highest BCUT2D eigenvalue weighted by atomic mass is 32.2. The van der Waals surface area contributed by atoms with E-state index in [9.17, 15) is 14.4 Å². The van der Waals surface area contributed by atoms with E-state index in [0.29, 0.717) is 0 Å². The van der Waals surface area contributed by atoms with Crippen LogP contribution in [-0.2, 0) is 14.4 Å². The first kappa shape index (κ1) is 15.8. The van der Waals surface area contributed by atoms with Gasteiger partial charge in [0.05, 0.1) is 12.2 Å². The summed E-state index contributed by atoms with van der Waals surface area (Å²) in [7, 11) is 0. The second kappa shape index (κ2) is 6.48. The van der Waals surface area contributed by atoms with Crippen molar-refractivity contribution in [1.82, 2.24) is 5.32 Å². The molecule has 98 valence electrons. The number of carbonyl (C=O) groups is 3. The molecule has 0 spiro atoms. The molecule has 0 heterocycles. The molecule has 0 aliphatic carbocycles. The van der Waals surface area contributed by atoms with Crippen LogP contribution in [0.4, 0.5) is 0 Å². The fourth-order valence-electron chi connectivity index (χ4n) is 0.919. The van der Waals surface area contributed by atoms with Gasteiger partial charge < -0.3 is 16.2 Å². The van der Waals surface area contributed by atoms with Gasteiger partial charge in [0.25, 0.3) is 0 Å². The van der Waals surface area contributed by atoms with E-state index in [4.69, 9.17) is 10.8 Å². The van der Waals surface area contributed by atoms with Crippen LogP contribution in [0.3, 0.4) is 0 Å². The summed E-state index contributed by atoms with van der Waals surface area (Å²) in [4.78, 5) is 32.8. The summed E-state index contributed by atoms with van der Waals surface area (Å²) >= 11 is 1.39. The molecule has 2 amide bonds. The van der Waals surface area contributed by atoms with Crippen molar-refractivity contribution >= 4 is 29.5 Å². The maximum Gasteiger partial charge on any atom is 0.326 e. The van der Waals surface area contributed by atoms with Crippen LogP contribution in [0.2, 0.25) is 0 Å². The SMILES string of the molecule is CC(C)(C)SCC(=O)N[C@H](CC(N)=O)C(=O)O. The number of thioether (sulfide) groups is 1. The zero-order valence-electron chi connectivity index (χ0n) is 10.1. The molecule has 6 nitrogen and oxygen atoms in total. The largest absolute Gasteiger partial charge is 0.480 e. The fraction of sp³-hybridized carbons (Fsp3) is 0.700. The Bertz CT molecular complexity index is 312. The van der Waals surface area contributed by atoms with Gasteiger partial charge in [0, 0.05) is 4.75 Å². The Morgan fingerprint density at radius 1 is 1.35 bits per heavy atom. The predicted octanol–water partition coefficient (Wildman–Crippen LogP) is -0.0371. The highest BCUT2D eigenvalue weighted by molar-refractivity contribution is 8.01. The lowest BCUT2D eigenvalue weighted by atomic mass is 10.2. The molecule has 4 N–H and O–H groups in total. The Kier molecular flexibility index (Phi) is 6.01. The van der Waals surface area contributed by atoms with Crippen LogP contribution in [0.5, 0.6) is 0 Å². The molecule has 1 atom stereocenters. The van der Waals surface area contributed by atoms with E-state index in [1.807, 2.05) is 20.8 Å². The molecular weight excluding hydrogens is 244 g/mol. The Labute approximate surface area is 104 Å². The van der Waals surface area contributed by atoms with E-state index in [-0.39, 0.29) is 10.5 Å². The number of carbonyl (C=O) groups excluding carboxylic acids is 2. The monoisotopic (exact) mass is 262 g/mol. The molecule has 0 unspecified atom stereocenters. The normalized spacial score (nSPS) is 12.9. The van der Waals surface area contributed by atoms with E-state index >= 15 is 0 Å². The molecule has 0 aromatic rings. The van der Waals surface area contributed by atoms with Crippen molar-refractivity contribution in [3.05, 3.63) is 0 Å². The maximum absolute atomic E-state index is 11.4. The highest BCUT2D eigenvalue weighted by Gasteiger charge is 2.22. The second-order valence-corrected chi connectivity index (χ2v) is 6.33. The third-order valence-electron chi connectivity index (χ3n) is 1.67. The molecule has 0 radical (unpaired) electrons. The molecule has 0 rings (SSSR count). The number of carboxylic acid groups (broad SMARTS) is 1. The average Bonchev–Trinajstić information content (AvgIpc) is 2.11. The third-order valence-corrected chi connectivity index (χ3v) is 2.95. The van der Waals surface area contributed by atoms with E-state index in [1.165, 1.54) is 11.8 Å². The predicted molar refractivity (Wildman–Crippen MR) is 65.6 cm³/mol. The Hall–Kier alpha value is -1.24. The molecule has 0 aromatic carbocycles. The van der Waals surface area contributed by atoms with Gasteiger partial charge in [-0.05, 0) is 0 Å². The molecule has 0 aromatic heterocycles. The van der Waals surface area contributed by atoms with Gasteiger partial charge in [-0.15, -0.1) is 11.8 Å². The minimum atomic E-state index is -1.27. The average molecular weight is 262 g/mol. The van der Waals surface area contributed by atoms with Crippen molar-refractivity contribution in [1.29, 1.82) is 0 Å². The van der Waals surface area contributed by atoms with Crippen molar-refractivity contribution in [3.63, 3.8) is 0 Å². The molecule has 17 heavy (non-hydrogen) atoms. The van der Waals surface area contributed by atoms with Gasteiger partial charge in [-0.3, -0.25) is 9.59 Å². The maximum atomic E-state index is 11.4. The van der Waals surface area contributed by atoms with Crippen LogP contribution >= 0.6 is 11.8 Å². The van der Waals surface area contributed by atoms with Crippen LogP contribution in [-0.4, -0.2) is 39.4 Å². The van der Waals surface area contributed by atoms with Gasteiger partial charge in [0.2, 0.25) is 11.8 Å². The van der Waals surface area contributed by atoms with E-state index < -0.39 is 30.2 Å². The quantitative estimate of drug-likeness (QED) is 0.622.